The lowest BCUT2D eigenvalue weighted by molar-refractivity contribution is -0.121. The van der Waals surface area contributed by atoms with Crippen LogP contribution >= 0.6 is 23.1 Å². The molecule has 0 bridgehead atoms. The third kappa shape index (κ3) is 8.70. The van der Waals surface area contributed by atoms with Crippen LogP contribution in [0.5, 0.6) is 0 Å². The van der Waals surface area contributed by atoms with Crippen molar-refractivity contribution in [2.75, 3.05) is 25.0 Å². The maximum atomic E-state index is 12.9. The van der Waals surface area contributed by atoms with Crippen LogP contribution in [0.4, 0.5) is 5.13 Å². The van der Waals surface area contributed by atoms with Gasteiger partial charge in [-0.2, -0.15) is 0 Å². The van der Waals surface area contributed by atoms with Gasteiger partial charge >= 0.3 is 0 Å². The lowest BCUT2D eigenvalue weighted by Gasteiger charge is -2.42. The van der Waals surface area contributed by atoms with E-state index < -0.39 is 9.76 Å². The maximum Gasteiger partial charge on any atom is 0.229 e. The summed E-state index contributed by atoms with van der Waals surface area (Å²) in [5, 5.41) is 4.00. The number of thioether (sulfide) groups is 1. The summed E-state index contributed by atoms with van der Waals surface area (Å²) in [7, 11) is -0.552. The molecule has 1 N–H and O–H groups in total. The highest BCUT2D eigenvalue weighted by Gasteiger charge is 2.33. The van der Waals surface area contributed by atoms with Crippen molar-refractivity contribution in [1.82, 2.24) is 14.9 Å². The predicted octanol–water partition coefficient (Wildman–Crippen LogP) is 5.47. The Balaban J connectivity index is 1.43. The molecule has 1 amide bonds. The molecule has 35 heavy (non-hydrogen) atoms. The molecule has 0 saturated carbocycles. The van der Waals surface area contributed by atoms with Gasteiger partial charge in [0.1, 0.15) is 5.76 Å². The second kappa shape index (κ2) is 11.5. The number of nitrogens with one attached hydrogen (secondary N) is 1. The lowest BCUT2D eigenvalue weighted by Crippen LogP contribution is -2.52. The van der Waals surface area contributed by atoms with Crippen LogP contribution in [0.15, 0.2) is 21.0 Å². The molecule has 196 valence electrons. The quantitative estimate of drug-likeness (QED) is 0.335. The number of likely N-dealkylation sites (tertiary alicyclic amines) is 1. The molecule has 0 unspecified atom stereocenters. The summed E-state index contributed by atoms with van der Waals surface area (Å²) >= 11 is 3.12. The summed E-state index contributed by atoms with van der Waals surface area (Å²) in [6.07, 6.45) is 5.34. The van der Waals surface area contributed by atoms with Crippen molar-refractivity contribution in [2.24, 2.45) is 5.92 Å². The van der Waals surface area contributed by atoms with Crippen molar-refractivity contribution in [3.05, 3.63) is 24.0 Å². The van der Waals surface area contributed by atoms with E-state index in [1.807, 2.05) is 6.20 Å². The van der Waals surface area contributed by atoms with Crippen LogP contribution in [0.25, 0.3) is 0 Å². The Bertz CT molecular complexity index is 970. The highest BCUT2D eigenvalue weighted by molar-refractivity contribution is 8.00. The summed E-state index contributed by atoms with van der Waals surface area (Å²) in [5.74, 6) is 2.34. The van der Waals surface area contributed by atoms with Gasteiger partial charge in [-0.15, -0.1) is 11.8 Å². The monoisotopic (exact) mass is 538 g/mol. The zero-order chi connectivity index (χ0) is 25.9. The Morgan fingerprint density at radius 1 is 1.17 bits per heavy atom. The summed E-state index contributed by atoms with van der Waals surface area (Å²) in [6, 6.07) is 0. The molecular weight excluding hydrogens is 497 g/mol. The molecule has 1 aliphatic heterocycles. The van der Waals surface area contributed by atoms with Gasteiger partial charge in [0.05, 0.1) is 29.0 Å². The van der Waals surface area contributed by atoms with Crippen LogP contribution in [0, 0.1) is 5.92 Å². The number of hydrogen-bond donors (Lipinski definition) is 1. The average molecular weight is 539 g/mol. The fraction of sp³-hybridized carbons (Fsp3) is 0.720. The normalized spacial score (nSPS) is 16.9. The van der Waals surface area contributed by atoms with Crippen molar-refractivity contribution in [3.8, 4) is 0 Å². The van der Waals surface area contributed by atoms with Crippen molar-refractivity contribution in [2.45, 2.75) is 94.2 Å². The largest absolute Gasteiger partial charge is 0.444 e. The summed E-state index contributed by atoms with van der Waals surface area (Å²) in [5.41, 5.74) is -0.0526. The number of hydrogen-bond acceptors (Lipinski definition) is 8. The van der Waals surface area contributed by atoms with Crippen LogP contribution < -0.4 is 5.32 Å². The molecule has 0 atom stereocenters. The number of nitrogens with zero attached hydrogens (tertiary/aromatic N) is 3. The first-order valence-electron chi connectivity index (χ1n) is 12.4. The van der Waals surface area contributed by atoms with Gasteiger partial charge in [0, 0.05) is 16.9 Å². The Labute approximate surface area is 221 Å². The lowest BCUT2D eigenvalue weighted by atomic mass is 9.92. The molecule has 3 heterocycles. The first-order chi connectivity index (χ1) is 16.2. The van der Waals surface area contributed by atoms with Crippen LogP contribution in [0.3, 0.4) is 0 Å². The van der Waals surface area contributed by atoms with E-state index in [1.54, 1.807) is 18.0 Å². The molecule has 0 aromatic carbocycles. The minimum Gasteiger partial charge on any atom is -0.444 e. The summed E-state index contributed by atoms with van der Waals surface area (Å²) in [6.45, 7) is 20.2. The molecule has 7 nitrogen and oxygen atoms in total. The minimum atomic E-state index is -0.552. The van der Waals surface area contributed by atoms with Gasteiger partial charge < -0.3 is 14.2 Å². The van der Waals surface area contributed by atoms with E-state index >= 15 is 0 Å². The van der Waals surface area contributed by atoms with Gasteiger partial charge in [0.25, 0.3) is 0 Å². The van der Waals surface area contributed by atoms with Crippen LogP contribution in [0.1, 0.15) is 79.9 Å². The number of thiazole rings is 1. The SMILES string of the molecule is CC(C)(C)[SiH2]OCC(C)(C)N1CCC(C(=O)Nc2ncc(SCc3ncc(C(C)(C)C)o3)s2)CC1. The number of anilines is 1. The maximum absolute atomic E-state index is 12.9. The molecule has 1 fully saturated rings. The second-order valence-electron chi connectivity index (χ2n) is 12.3. The first kappa shape index (κ1) is 28.4. The molecule has 0 spiro atoms. The third-order valence-electron chi connectivity index (χ3n) is 6.06. The molecule has 2 aromatic rings. The van der Waals surface area contributed by atoms with E-state index in [0.717, 1.165) is 42.5 Å². The number of oxazole rings is 1. The fourth-order valence-corrected chi connectivity index (χ4v) is 6.84. The Kier molecular flexibility index (Phi) is 9.29. The standard InChI is InChI=1S/C25H42N4O3S2Si/c1-23(2,3)18-13-26-19(32-18)15-33-20-14-27-22(34-20)28-21(30)17-9-11-29(12-10-17)25(7,8)16-31-35-24(4,5)6/h13-14,17H,9-12,15-16,35H2,1-8H3,(H,27,28,30). The summed E-state index contributed by atoms with van der Waals surface area (Å²) < 4.78 is 13.0. The number of carbonyl (C=O) groups is 1. The van der Waals surface area contributed by atoms with E-state index in [-0.39, 0.29) is 22.8 Å². The Morgan fingerprint density at radius 2 is 1.86 bits per heavy atom. The molecule has 1 saturated heterocycles. The van der Waals surface area contributed by atoms with E-state index in [2.05, 4.69) is 75.6 Å². The molecule has 10 heteroatoms. The Morgan fingerprint density at radius 3 is 2.46 bits per heavy atom. The van der Waals surface area contributed by atoms with E-state index in [1.165, 1.54) is 11.3 Å². The predicted molar refractivity (Wildman–Crippen MR) is 148 cm³/mol. The molecule has 0 radical (unpaired) electrons. The van der Waals surface area contributed by atoms with Gasteiger partial charge in [-0.25, -0.2) is 9.97 Å². The third-order valence-corrected chi connectivity index (χ3v) is 9.42. The fourth-order valence-electron chi connectivity index (χ4n) is 3.89. The molecule has 3 rings (SSSR count). The van der Waals surface area contributed by atoms with Gasteiger partial charge in [-0.3, -0.25) is 9.69 Å². The smallest absolute Gasteiger partial charge is 0.229 e. The second-order valence-corrected chi connectivity index (χ2v) is 17.4. The molecule has 0 aliphatic carbocycles. The first-order valence-corrected chi connectivity index (χ1v) is 15.5. The van der Waals surface area contributed by atoms with Gasteiger partial charge in [-0.1, -0.05) is 52.9 Å². The van der Waals surface area contributed by atoms with E-state index in [9.17, 15) is 4.79 Å². The number of aromatic nitrogens is 2. The highest BCUT2D eigenvalue weighted by Crippen LogP contribution is 2.33. The zero-order valence-corrected chi connectivity index (χ0v) is 25.6. The molecular formula is C25H42N4O3S2Si. The van der Waals surface area contributed by atoms with Gasteiger partial charge in [-0.05, 0) is 44.8 Å². The Hall–Kier alpha value is -1.20. The van der Waals surface area contributed by atoms with Gasteiger partial charge in [0.2, 0.25) is 11.8 Å². The number of piperidine rings is 1. The minimum absolute atomic E-state index is 0.00236. The average Bonchev–Trinajstić information content (AvgIpc) is 3.40. The zero-order valence-electron chi connectivity index (χ0n) is 22.6. The van der Waals surface area contributed by atoms with Gasteiger partial charge in [0.15, 0.2) is 14.9 Å². The van der Waals surface area contributed by atoms with E-state index in [0.29, 0.717) is 21.8 Å². The molecule has 2 aromatic heterocycles. The van der Waals surface area contributed by atoms with Crippen molar-refractivity contribution in [3.63, 3.8) is 0 Å². The number of carbonyl (C=O) groups excluding carboxylic acids is 1. The number of rotatable bonds is 9. The molecule has 1 aliphatic rings. The number of amides is 1. The summed E-state index contributed by atoms with van der Waals surface area (Å²) in [4.78, 5) is 24.1. The van der Waals surface area contributed by atoms with Crippen LogP contribution in [-0.2, 0) is 20.4 Å². The van der Waals surface area contributed by atoms with Crippen molar-refractivity contribution >= 4 is 43.9 Å². The van der Waals surface area contributed by atoms with Crippen molar-refractivity contribution in [1.29, 1.82) is 0 Å². The van der Waals surface area contributed by atoms with Crippen LogP contribution in [-0.4, -0.2) is 55.8 Å². The van der Waals surface area contributed by atoms with Crippen LogP contribution in [0.2, 0.25) is 5.04 Å². The topological polar surface area (TPSA) is 80.5 Å². The van der Waals surface area contributed by atoms with Crippen molar-refractivity contribution < 1.29 is 13.6 Å². The van der Waals surface area contributed by atoms with E-state index in [4.69, 9.17) is 8.84 Å². The highest BCUT2D eigenvalue weighted by atomic mass is 32.2.